The van der Waals surface area contributed by atoms with E-state index in [1.54, 1.807) is 23.6 Å². The summed E-state index contributed by atoms with van der Waals surface area (Å²) >= 11 is 1.60. The molecule has 6 nitrogen and oxygen atoms in total. The molecular formula is C25H21FN6S. The SMILES string of the molecule is CCN=C(c1nc2c(-c3cccc(F)c3)nccc2[nH]1)c1nc(-c2cnc(C)s2)ccc1C. The van der Waals surface area contributed by atoms with E-state index in [9.17, 15) is 4.39 Å². The fourth-order valence-corrected chi connectivity index (χ4v) is 4.45. The number of pyridine rings is 2. The molecule has 0 fully saturated rings. The maximum Gasteiger partial charge on any atom is 0.159 e. The van der Waals surface area contributed by atoms with Gasteiger partial charge in [-0.1, -0.05) is 18.2 Å². The molecule has 4 heterocycles. The van der Waals surface area contributed by atoms with Gasteiger partial charge in [0.1, 0.15) is 17.0 Å². The zero-order chi connectivity index (χ0) is 22.9. The zero-order valence-corrected chi connectivity index (χ0v) is 19.2. The summed E-state index contributed by atoms with van der Waals surface area (Å²) in [6.45, 7) is 6.55. The summed E-state index contributed by atoms with van der Waals surface area (Å²) in [6.07, 6.45) is 3.54. The first-order chi connectivity index (χ1) is 16.0. The van der Waals surface area contributed by atoms with E-state index < -0.39 is 0 Å². The summed E-state index contributed by atoms with van der Waals surface area (Å²) in [7, 11) is 0. The van der Waals surface area contributed by atoms with Gasteiger partial charge in [0.15, 0.2) is 5.82 Å². The monoisotopic (exact) mass is 456 g/mol. The Bertz CT molecular complexity index is 1500. The Hall–Kier alpha value is -3.78. The van der Waals surface area contributed by atoms with Crippen molar-refractivity contribution in [1.82, 2.24) is 24.9 Å². The summed E-state index contributed by atoms with van der Waals surface area (Å²) in [6, 6.07) is 12.3. The number of aryl methyl sites for hydroxylation is 2. The van der Waals surface area contributed by atoms with Gasteiger partial charge >= 0.3 is 0 Å². The predicted molar refractivity (Wildman–Crippen MR) is 130 cm³/mol. The van der Waals surface area contributed by atoms with Crippen molar-refractivity contribution in [3.63, 3.8) is 0 Å². The lowest BCUT2D eigenvalue weighted by Gasteiger charge is -2.08. The maximum absolute atomic E-state index is 13.8. The molecule has 0 aliphatic carbocycles. The molecule has 1 aromatic carbocycles. The van der Waals surface area contributed by atoms with Gasteiger partial charge in [0.2, 0.25) is 0 Å². The molecule has 33 heavy (non-hydrogen) atoms. The van der Waals surface area contributed by atoms with Crippen molar-refractivity contribution in [3.05, 3.63) is 82.8 Å². The van der Waals surface area contributed by atoms with E-state index in [2.05, 4.69) is 15.0 Å². The lowest BCUT2D eigenvalue weighted by atomic mass is 10.1. The number of nitrogens with one attached hydrogen (secondary N) is 1. The first-order valence-electron chi connectivity index (χ1n) is 10.6. The molecule has 0 unspecified atom stereocenters. The summed E-state index contributed by atoms with van der Waals surface area (Å²) in [5.74, 6) is 0.288. The van der Waals surface area contributed by atoms with Crippen molar-refractivity contribution in [2.45, 2.75) is 20.8 Å². The fourth-order valence-electron chi connectivity index (χ4n) is 3.70. The van der Waals surface area contributed by atoms with E-state index in [0.29, 0.717) is 34.9 Å². The van der Waals surface area contributed by atoms with Crippen LogP contribution in [-0.4, -0.2) is 37.2 Å². The molecule has 4 aromatic heterocycles. The van der Waals surface area contributed by atoms with Crippen molar-refractivity contribution in [3.8, 4) is 21.8 Å². The van der Waals surface area contributed by atoms with Crippen molar-refractivity contribution < 1.29 is 4.39 Å². The number of aromatic amines is 1. The number of hydrogen-bond donors (Lipinski definition) is 1. The van der Waals surface area contributed by atoms with E-state index in [4.69, 9.17) is 15.0 Å². The highest BCUT2D eigenvalue weighted by Gasteiger charge is 2.19. The molecule has 1 N–H and O–H groups in total. The minimum Gasteiger partial charge on any atom is -0.336 e. The molecule has 0 saturated heterocycles. The Morgan fingerprint density at radius 1 is 1.09 bits per heavy atom. The smallest absolute Gasteiger partial charge is 0.159 e. The van der Waals surface area contributed by atoms with Crippen LogP contribution in [0.5, 0.6) is 0 Å². The first-order valence-corrected chi connectivity index (χ1v) is 11.4. The average Bonchev–Trinajstić information content (AvgIpc) is 3.44. The van der Waals surface area contributed by atoms with Crippen molar-refractivity contribution in [2.75, 3.05) is 6.54 Å². The topological polar surface area (TPSA) is 79.7 Å². The van der Waals surface area contributed by atoms with Crippen molar-refractivity contribution in [2.24, 2.45) is 4.99 Å². The lowest BCUT2D eigenvalue weighted by Crippen LogP contribution is -2.11. The summed E-state index contributed by atoms with van der Waals surface area (Å²) in [5.41, 5.74) is 6.04. The van der Waals surface area contributed by atoms with Crippen molar-refractivity contribution in [1.29, 1.82) is 0 Å². The second-order valence-corrected chi connectivity index (χ2v) is 8.81. The molecular weight excluding hydrogens is 435 g/mol. The molecule has 0 atom stereocenters. The highest BCUT2D eigenvalue weighted by atomic mass is 32.1. The normalized spacial score (nSPS) is 11.9. The van der Waals surface area contributed by atoms with Crippen LogP contribution < -0.4 is 0 Å². The molecule has 0 bridgehead atoms. The second-order valence-electron chi connectivity index (χ2n) is 7.58. The highest BCUT2D eigenvalue weighted by Crippen LogP contribution is 2.28. The number of benzene rings is 1. The van der Waals surface area contributed by atoms with E-state index >= 15 is 0 Å². The third-order valence-corrected chi connectivity index (χ3v) is 6.17. The molecule has 0 aliphatic heterocycles. The van der Waals surface area contributed by atoms with Crippen LogP contribution in [0.4, 0.5) is 4.39 Å². The summed E-state index contributed by atoms with van der Waals surface area (Å²) in [4.78, 5) is 27.7. The van der Waals surface area contributed by atoms with Gasteiger partial charge in [-0.2, -0.15) is 0 Å². The third kappa shape index (κ3) is 4.05. The Labute approximate surface area is 194 Å². The third-order valence-electron chi connectivity index (χ3n) is 5.23. The van der Waals surface area contributed by atoms with Gasteiger partial charge in [0, 0.05) is 24.5 Å². The number of nitrogens with zero attached hydrogens (tertiary/aromatic N) is 5. The van der Waals surface area contributed by atoms with E-state index in [0.717, 1.165) is 32.4 Å². The molecule has 0 radical (unpaired) electrons. The van der Waals surface area contributed by atoms with Crippen LogP contribution in [0.15, 0.2) is 59.9 Å². The number of H-pyrrole nitrogens is 1. The zero-order valence-electron chi connectivity index (χ0n) is 18.4. The largest absolute Gasteiger partial charge is 0.336 e. The summed E-state index contributed by atoms with van der Waals surface area (Å²) < 4.78 is 13.8. The van der Waals surface area contributed by atoms with Crippen LogP contribution >= 0.6 is 11.3 Å². The Balaban J connectivity index is 1.65. The number of aromatic nitrogens is 5. The number of imidazole rings is 1. The average molecular weight is 457 g/mol. The molecule has 0 aliphatic rings. The van der Waals surface area contributed by atoms with E-state index in [1.807, 2.05) is 51.2 Å². The Kier molecular flexibility index (Phi) is 5.51. The lowest BCUT2D eigenvalue weighted by molar-refractivity contribution is 0.628. The molecule has 5 aromatic rings. The second kappa shape index (κ2) is 8.63. The number of thiazole rings is 1. The quantitative estimate of drug-likeness (QED) is 0.341. The number of fused-ring (bicyclic) bond motifs is 1. The van der Waals surface area contributed by atoms with Crippen LogP contribution in [0, 0.1) is 19.7 Å². The van der Waals surface area contributed by atoms with Crippen LogP contribution in [0.1, 0.15) is 29.0 Å². The Morgan fingerprint density at radius 3 is 2.73 bits per heavy atom. The van der Waals surface area contributed by atoms with Gasteiger partial charge in [0.25, 0.3) is 0 Å². The van der Waals surface area contributed by atoms with E-state index in [-0.39, 0.29) is 5.82 Å². The minimum absolute atomic E-state index is 0.315. The Morgan fingerprint density at radius 2 is 1.97 bits per heavy atom. The number of rotatable bonds is 5. The highest BCUT2D eigenvalue weighted by molar-refractivity contribution is 7.15. The van der Waals surface area contributed by atoms with Gasteiger partial charge in [-0.25, -0.2) is 19.3 Å². The first kappa shape index (κ1) is 21.1. The molecule has 0 spiro atoms. The predicted octanol–water partition coefficient (Wildman–Crippen LogP) is 5.76. The molecule has 0 saturated carbocycles. The van der Waals surface area contributed by atoms with Crippen LogP contribution in [0.3, 0.4) is 0 Å². The van der Waals surface area contributed by atoms with Gasteiger partial charge in [0.05, 0.1) is 32.5 Å². The van der Waals surface area contributed by atoms with E-state index in [1.165, 1.54) is 12.1 Å². The standard InChI is InChI=1S/C25H21FN6S/c1-4-27-24(21-14(2)8-9-18(30-21)20-13-29-15(3)33-20)25-31-19-10-11-28-22(23(19)32-25)16-6-5-7-17(26)12-16/h5-13H,4H2,1-3H3,(H,31,32). The number of halogens is 1. The molecule has 0 amide bonds. The molecule has 5 rings (SSSR count). The number of hydrogen-bond acceptors (Lipinski definition) is 6. The minimum atomic E-state index is -0.315. The van der Waals surface area contributed by atoms with Gasteiger partial charge in [-0.15, -0.1) is 11.3 Å². The van der Waals surface area contributed by atoms with Crippen LogP contribution in [0.25, 0.3) is 32.9 Å². The maximum atomic E-state index is 13.8. The number of aliphatic imine (C=N–C) groups is 1. The fraction of sp³-hybridized carbons (Fsp3) is 0.160. The van der Waals surface area contributed by atoms with Gasteiger partial charge in [-0.3, -0.25) is 9.98 Å². The summed E-state index contributed by atoms with van der Waals surface area (Å²) in [5, 5.41) is 0.992. The molecule has 164 valence electrons. The van der Waals surface area contributed by atoms with Crippen LogP contribution in [-0.2, 0) is 0 Å². The van der Waals surface area contributed by atoms with Crippen LogP contribution in [0.2, 0.25) is 0 Å². The van der Waals surface area contributed by atoms with Gasteiger partial charge in [-0.05, 0) is 50.6 Å². The molecule has 8 heteroatoms. The van der Waals surface area contributed by atoms with Crippen molar-refractivity contribution >= 4 is 28.1 Å². The van der Waals surface area contributed by atoms with Gasteiger partial charge < -0.3 is 4.98 Å².